The lowest BCUT2D eigenvalue weighted by molar-refractivity contribution is 0.0193. The van der Waals surface area contributed by atoms with Crippen molar-refractivity contribution in [3.05, 3.63) is 29.3 Å². The Balaban J connectivity index is 1.87. The molecule has 7 heteroatoms. The third-order valence-electron chi connectivity index (χ3n) is 3.05. The molecule has 1 aliphatic heterocycles. The highest BCUT2D eigenvalue weighted by atomic mass is 19.1. The van der Waals surface area contributed by atoms with E-state index in [2.05, 4.69) is 4.90 Å². The minimum atomic E-state index is -0.894. The molecule has 2 N–H and O–H groups in total. The summed E-state index contributed by atoms with van der Waals surface area (Å²) in [5.74, 6) is -2.62. The lowest BCUT2D eigenvalue weighted by Gasteiger charge is -2.26. The molecule has 0 unspecified atom stereocenters. The van der Waals surface area contributed by atoms with E-state index in [1.165, 1.54) is 0 Å². The zero-order valence-corrected chi connectivity index (χ0v) is 10.9. The molecule has 1 aromatic carbocycles. The van der Waals surface area contributed by atoms with Crippen LogP contribution in [0.2, 0.25) is 0 Å². The number of ether oxygens (including phenoxy) is 2. The van der Waals surface area contributed by atoms with Gasteiger partial charge in [-0.2, -0.15) is 0 Å². The fraction of sp³-hybridized carbons (Fsp3) is 0.462. The van der Waals surface area contributed by atoms with E-state index in [1.54, 1.807) is 0 Å². The summed E-state index contributed by atoms with van der Waals surface area (Å²) in [6.45, 7) is 3.47. The van der Waals surface area contributed by atoms with Crippen LogP contribution < -0.4 is 5.73 Å². The van der Waals surface area contributed by atoms with Crippen molar-refractivity contribution < 1.29 is 23.0 Å². The second kappa shape index (κ2) is 6.62. The molecule has 0 saturated carbocycles. The Morgan fingerprint density at radius 2 is 2.00 bits per heavy atom. The summed E-state index contributed by atoms with van der Waals surface area (Å²) in [6, 6.07) is 1.52. The van der Waals surface area contributed by atoms with Crippen LogP contribution in [0, 0.1) is 11.6 Å². The quantitative estimate of drug-likeness (QED) is 0.661. The van der Waals surface area contributed by atoms with Crippen molar-refractivity contribution in [2.45, 2.75) is 0 Å². The molecule has 0 radical (unpaired) electrons. The van der Waals surface area contributed by atoms with Crippen LogP contribution in [0.15, 0.2) is 12.1 Å². The summed E-state index contributed by atoms with van der Waals surface area (Å²) in [7, 11) is 0. The zero-order valence-electron chi connectivity index (χ0n) is 10.9. The molecule has 5 nitrogen and oxygen atoms in total. The highest BCUT2D eigenvalue weighted by molar-refractivity contribution is 5.90. The van der Waals surface area contributed by atoms with Gasteiger partial charge in [0.15, 0.2) is 0 Å². The third-order valence-corrected chi connectivity index (χ3v) is 3.05. The Bertz CT molecular complexity index is 491. The first-order chi connectivity index (χ1) is 9.58. The number of anilines is 1. The Hall–Kier alpha value is -1.73. The van der Waals surface area contributed by atoms with Gasteiger partial charge in [-0.1, -0.05) is 0 Å². The Morgan fingerprint density at radius 3 is 2.70 bits per heavy atom. The van der Waals surface area contributed by atoms with Crippen molar-refractivity contribution in [3.8, 4) is 0 Å². The van der Waals surface area contributed by atoms with E-state index in [1.807, 2.05) is 0 Å². The first-order valence-corrected chi connectivity index (χ1v) is 6.29. The van der Waals surface area contributed by atoms with Crippen LogP contribution in [0.4, 0.5) is 14.5 Å². The van der Waals surface area contributed by atoms with E-state index in [0.29, 0.717) is 19.8 Å². The molecule has 2 rings (SSSR count). The van der Waals surface area contributed by atoms with Gasteiger partial charge < -0.3 is 15.2 Å². The van der Waals surface area contributed by atoms with E-state index < -0.39 is 23.2 Å². The summed E-state index contributed by atoms with van der Waals surface area (Å²) in [6.07, 6.45) is 0. The topological polar surface area (TPSA) is 64.8 Å². The Kier molecular flexibility index (Phi) is 4.86. The molecule has 0 aromatic heterocycles. The fourth-order valence-electron chi connectivity index (χ4n) is 1.89. The van der Waals surface area contributed by atoms with Gasteiger partial charge in [-0.05, 0) is 6.07 Å². The summed E-state index contributed by atoms with van der Waals surface area (Å²) in [5.41, 5.74) is 4.42. The molecule has 110 valence electrons. The number of rotatable bonds is 4. The lowest BCUT2D eigenvalue weighted by atomic mass is 10.2. The number of carbonyl (C=O) groups excluding carboxylic acids is 1. The number of halogens is 2. The first-order valence-electron chi connectivity index (χ1n) is 6.29. The van der Waals surface area contributed by atoms with Crippen molar-refractivity contribution in [1.29, 1.82) is 0 Å². The van der Waals surface area contributed by atoms with Gasteiger partial charge in [0.2, 0.25) is 0 Å². The Labute approximate surface area is 115 Å². The van der Waals surface area contributed by atoms with Crippen LogP contribution >= 0.6 is 0 Å². The number of hydrogen-bond acceptors (Lipinski definition) is 5. The minimum absolute atomic E-state index is 0.115. The van der Waals surface area contributed by atoms with Gasteiger partial charge in [-0.15, -0.1) is 0 Å². The summed E-state index contributed by atoms with van der Waals surface area (Å²) in [5, 5.41) is 0. The lowest BCUT2D eigenvalue weighted by Crippen LogP contribution is -2.38. The van der Waals surface area contributed by atoms with E-state index in [4.69, 9.17) is 15.2 Å². The number of esters is 1. The second-order valence-corrected chi connectivity index (χ2v) is 4.44. The maximum atomic E-state index is 13.5. The third kappa shape index (κ3) is 3.64. The summed E-state index contributed by atoms with van der Waals surface area (Å²) < 4.78 is 36.8. The van der Waals surface area contributed by atoms with Gasteiger partial charge in [0, 0.05) is 25.7 Å². The number of nitrogens with zero attached hydrogens (tertiary/aromatic N) is 1. The number of nitrogen functional groups attached to an aromatic ring is 1. The normalized spacial score (nSPS) is 16.1. The minimum Gasteiger partial charge on any atom is -0.461 e. The van der Waals surface area contributed by atoms with Crippen LogP contribution in [-0.2, 0) is 9.47 Å². The van der Waals surface area contributed by atoms with Gasteiger partial charge in [0.25, 0.3) is 0 Å². The van der Waals surface area contributed by atoms with Crippen molar-refractivity contribution in [2.24, 2.45) is 0 Å². The average molecular weight is 286 g/mol. The van der Waals surface area contributed by atoms with Gasteiger partial charge in [-0.3, -0.25) is 4.90 Å². The van der Waals surface area contributed by atoms with E-state index in [-0.39, 0.29) is 12.3 Å². The molecule has 0 spiro atoms. The molecular formula is C13H16F2N2O3. The molecule has 1 heterocycles. The molecule has 20 heavy (non-hydrogen) atoms. The highest BCUT2D eigenvalue weighted by Crippen LogP contribution is 2.17. The molecule has 1 saturated heterocycles. The standard InChI is InChI=1S/C13H16F2N2O3/c14-10-8-12(16)11(15)7-9(10)13(18)20-6-3-17-1-4-19-5-2-17/h7-8H,1-6,16H2. The van der Waals surface area contributed by atoms with Gasteiger partial charge in [0.1, 0.15) is 18.2 Å². The van der Waals surface area contributed by atoms with E-state index in [9.17, 15) is 13.6 Å². The predicted molar refractivity (Wildman–Crippen MR) is 68.3 cm³/mol. The van der Waals surface area contributed by atoms with Crippen molar-refractivity contribution >= 4 is 11.7 Å². The van der Waals surface area contributed by atoms with Gasteiger partial charge in [-0.25, -0.2) is 13.6 Å². The van der Waals surface area contributed by atoms with Crippen LogP contribution in [0.25, 0.3) is 0 Å². The van der Waals surface area contributed by atoms with Crippen molar-refractivity contribution in [3.63, 3.8) is 0 Å². The summed E-state index contributed by atoms with van der Waals surface area (Å²) in [4.78, 5) is 13.7. The molecule has 1 aromatic rings. The number of nitrogens with two attached hydrogens (primary N) is 1. The van der Waals surface area contributed by atoms with Crippen LogP contribution in [-0.4, -0.2) is 50.3 Å². The monoisotopic (exact) mass is 286 g/mol. The van der Waals surface area contributed by atoms with Crippen molar-refractivity contribution in [2.75, 3.05) is 45.2 Å². The van der Waals surface area contributed by atoms with Crippen LogP contribution in [0.1, 0.15) is 10.4 Å². The zero-order chi connectivity index (χ0) is 14.5. The maximum Gasteiger partial charge on any atom is 0.341 e. The first kappa shape index (κ1) is 14.7. The molecule has 0 atom stereocenters. The number of hydrogen-bond donors (Lipinski definition) is 1. The number of morpholine rings is 1. The molecule has 1 aliphatic rings. The average Bonchev–Trinajstić information content (AvgIpc) is 2.44. The Morgan fingerprint density at radius 1 is 1.30 bits per heavy atom. The molecule has 0 amide bonds. The summed E-state index contributed by atoms with van der Waals surface area (Å²) >= 11 is 0. The molecule has 1 fully saturated rings. The fourth-order valence-corrected chi connectivity index (χ4v) is 1.89. The van der Waals surface area contributed by atoms with Crippen molar-refractivity contribution in [1.82, 2.24) is 4.90 Å². The SMILES string of the molecule is Nc1cc(F)c(C(=O)OCCN2CCOCC2)cc1F. The second-order valence-electron chi connectivity index (χ2n) is 4.44. The maximum absolute atomic E-state index is 13.5. The van der Waals surface area contributed by atoms with E-state index >= 15 is 0 Å². The smallest absolute Gasteiger partial charge is 0.341 e. The molecule has 0 aliphatic carbocycles. The molecule has 0 bridgehead atoms. The predicted octanol–water partition coefficient (Wildman–Crippen LogP) is 1.04. The van der Waals surface area contributed by atoms with E-state index in [0.717, 1.165) is 25.2 Å². The molecular weight excluding hydrogens is 270 g/mol. The largest absolute Gasteiger partial charge is 0.461 e. The highest BCUT2D eigenvalue weighted by Gasteiger charge is 2.17. The van der Waals surface area contributed by atoms with Crippen LogP contribution in [0.5, 0.6) is 0 Å². The van der Waals surface area contributed by atoms with Gasteiger partial charge >= 0.3 is 5.97 Å². The van der Waals surface area contributed by atoms with Gasteiger partial charge in [0.05, 0.1) is 24.5 Å². The number of carbonyl (C=O) groups is 1. The van der Waals surface area contributed by atoms with Crippen LogP contribution in [0.3, 0.4) is 0 Å². The number of benzene rings is 1.